The smallest absolute Gasteiger partial charge is 0.237 e. The van der Waals surface area contributed by atoms with Crippen LogP contribution in [0.2, 0.25) is 0 Å². The van der Waals surface area contributed by atoms with Gasteiger partial charge in [-0.1, -0.05) is 13.3 Å². The van der Waals surface area contributed by atoms with Crippen LogP contribution in [0.1, 0.15) is 26.2 Å². The van der Waals surface area contributed by atoms with Crippen molar-refractivity contribution in [3.63, 3.8) is 0 Å². The topological polar surface area (TPSA) is 84.2 Å². The van der Waals surface area contributed by atoms with Gasteiger partial charge in [-0.15, -0.1) is 0 Å². The van der Waals surface area contributed by atoms with Crippen molar-refractivity contribution in [2.45, 2.75) is 38.3 Å². The minimum atomic E-state index is -0.448. The molecule has 1 heterocycles. The van der Waals surface area contributed by atoms with E-state index in [1.807, 2.05) is 6.92 Å². The summed E-state index contributed by atoms with van der Waals surface area (Å²) in [6.45, 7) is 2.50. The summed E-state index contributed by atoms with van der Waals surface area (Å²) in [5.41, 5.74) is 5.62. The zero-order valence-electron chi connectivity index (χ0n) is 8.38. The van der Waals surface area contributed by atoms with Crippen LogP contribution in [0, 0.1) is 0 Å². The molecule has 2 atom stereocenters. The molecule has 80 valence electrons. The lowest BCUT2D eigenvalue weighted by atomic mass is 10.1. The van der Waals surface area contributed by atoms with Gasteiger partial charge in [0.1, 0.15) is 0 Å². The Morgan fingerprint density at radius 3 is 3.00 bits per heavy atom. The number of hydrogen-bond acceptors (Lipinski definition) is 3. The standard InChI is InChI=1S/C9H17N3O2/c1-2-3-7(10)9(14)12-6-4-8(13)11-5-6/h6-7H,2-5,10H2,1H3,(H,11,13)(H,12,14)/t6?,7-/m0/s1. The van der Waals surface area contributed by atoms with Crippen LogP contribution in [-0.4, -0.2) is 30.4 Å². The van der Waals surface area contributed by atoms with Gasteiger partial charge >= 0.3 is 0 Å². The number of carbonyl (C=O) groups is 2. The van der Waals surface area contributed by atoms with E-state index in [0.717, 1.165) is 6.42 Å². The quantitative estimate of drug-likeness (QED) is 0.549. The Bertz CT molecular complexity index is 230. The Morgan fingerprint density at radius 2 is 2.50 bits per heavy atom. The van der Waals surface area contributed by atoms with E-state index in [9.17, 15) is 9.59 Å². The number of nitrogens with one attached hydrogen (secondary N) is 2. The molecular weight excluding hydrogens is 182 g/mol. The summed E-state index contributed by atoms with van der Waals surface area (Å²) in [7, 11) is 0. The van der Waals surface area contributed by atoms with E-state index in [-0.39, 0.29) is 17.9 Å². The molecule has 1 saturated heterocycles. The van der Waals surface area contributed by atoms with Gasteiger partial charge < -0.3 is 16.4 Å². The monoisotopic (exact) mass is 199 g/mol. The molecule has 0 radical (unpaired) electrons. The molecule has 1 unspecified atom stereocenters. The zero-order valence-corrected chi connectivity index (χ0v) is 8.38. The van der Waals surface area contributed by atoms with Crippen molar-refractivity contribution < 1.29 is 9.59 Å². The first-order valence-corrected chi connectivity index (χ1v) is 4.96. The summed E-state index contributed by atoms with van der Waals surface area (Å²) in [5, 5.41) is 5.40. The Kier molecular flexibility index (Phi) is 3.88. The average Bonchev–Trinajstić information content (AvgIpc) is 2.51. The third kappa shape index (κ3) is 2.99. The molecule has 0 aromatic carbocycles. The highest BCUT2D eigenvalue weighted by Gasteiger charge is 2.24. The van der Waals surface area contributed by atoms with E-state index in [1.54, 1.807) is 0 Å². The number of amides is 2. The van der Waals surface area contributed by atoms with Gasteiger partial charge in [0.05, 0.1) is 12.1 Å². The molecule has 0 bridgehead atoms. The molecule has 0 aliphatic carbocycles. The first-order valence-electron chi connectivity index (χ1n) is 4.96. The van der Waals surface area contributed by atoms with E-state index < -0.39 is 6.04 Å². The van der Waals surface area contributed by atoms with Crippen LogP contribution in [0.25, 0.3) is 0 Å². The fourth-order valence-electron chi connectivity index (χ4n) is 1.46. The molecule has 1 fully saturated rings. The first-order chi connectivity index (χ1) is 6.63. The maximum absolute atomic E-state index is 11.4. The Hall–Kier alpha value is -1.10. The van der Waals surface area contributed by atoms with Crippen LogP contribution in [0.5, 0.6) is 0 Å². The van der Waals surface area contributed by atoms with Crippen LogP contribution < -0.4 is 16.4 Å². The predicted molar refractivity (Wildman–Crippen MR) is 52.4 cm³/mol. The normalized spacial score (nSPS) is 23.0. The molecule has 0 saturated carbocycles. The minimum absolute atomic E-state index is 0.0145. The highest BCUT2D eigenvalue weighted by Crippen LogP contribution is 2.00. The van der Waals surface area contributed by atoms with E-state index in [4.69, 9.17) is 5.73 Å². The summed E-state index contributed by atoms with van der Waals surface area (Å²) >= 11 is 0. The van der Waals surface area contributed by atoms with Gasteiger partial charge in [-0.3, -0.25) is 9.59 Å². The summed E-state index contributed by atoms with van der Waals surface area (Å²) in [4.78, 5) is 22.3. The zero-order chi connectivity index (χ0) is 10.6. The Labute approximate surface area is 83.4 Å². The Balaban J connectivity index is 2.29. The number of nitrogens with two attached hydrogens (primary N) is 1. The van der Waals surface area contributed by atoms with Gasteiger partial charge in [0.25, 0.3) is 0 Å². The maximum atomic E-state index is 11.4. The molecule has 0 spiro atoms. The van der Waals surface area contributed by atoms with Gasteiger partial charge in [-0.25, -0.2) is 0 Å². The third-order valence-electron chi connectivity index (χ3n) is 2.26. The summed E-state index contributed by atoms with van der Waals surface area (Å²) < 4.78 is 0. The molecule has 0 aromatic rings. The molecule has 0 aromatic heterocycles. The molecule has 1 aliphatic heterocycles. The largest absolute Gasteiger partial charge is 0.354 e. The van der Waals surface area contributed by atoms with E-state index >= 15 is 0 Å². The fraction of sp³-hybridized carbons (Fsp3) is 0.778. The first kappa shape index (κ1) is 11.0. The number of rotatable bonds is 4. The number of hydrogen-bond donors (Lipinski definition) is 3. The lowest BCUT2D eigenvalue weighted by molar-refractivity contribution is -0.123. The molecule has 5 heteroatoms. The summed E-state index contributed by atoms with van der Waals surface area (Å²) in [5.74, 6) is -0.173. The van der Waals surface area contributed by atoms with Crippen LogP contribution in [0.3, 0.4) is 0 Å². The predicted octanol–water partition coefficient (Wildman–Crippen LogP) is -0.881. The highest BCUT2D eigenvalue weighted by molar-refractivity contribution is 5.84. The summed E-state index contributed by atoms with van der Waals surface area (Å²) in [6.07, 6.45) is 1.93. The molecular formula is C9H17N3O2. The van der Waals surface area contributed by atoms with Gasteiger partial charge in [-0.05, 0) is 6.42 Å². The second-order valence-corrected chi connectivity index (χ2v) is 3.61. The van der Waals surface area contributed by atoms with Crippen molar-refractivity contribution in [1.82, 2.24) is 10.6 Å². The SMILES string of the molecule is CCC[C@H](N)C(=O)NC1CNC(=O)C1. The van der Waals surface area contributed by atoms with E-state index in [2.05, 4.69) is 10.6 Å². The summed E-state index contributed by atoms with van der Waals surface area (Å²) in [6, 6.07) is -0.534. The van der Waals surface area contributed by atoms with Crippen molar-refractivity contribution in [3.05, 3.63) is 0 Å². The lowest BCUT2D eigenvalue weighted by Gasteiger charge is -2.14. The van der Waals surface area contributed by atoms with Crippen molar-refractivity contribution in [3.8, 4) is 0 Å². The average molecular weight is 199 g/mol. The van der Waals surface area contributed by atoms with E-state index in [1.165, 1.54) is 0 Å². The van der Waals surface area contributed by atoms with Gasteiger partial charge in [0, 0.05) is 13.0 Å². The number of carbonyl (C=O) groups excluding carboxylic acids is 2. The van der Waals surface area contributed by atoms with Crippen molar-refractivity contribution in [2.75, 3.05) is 6.54 Å². The second-order valence-electron chi connectivity index (χ2n) is 3.61. The van der Waals surface area contributed by atoms with Gasteiger partial charge in [0.2, 0.25) is 11.8 Å². The van der Waals surface area contributed by atoms with Crippen molar-refractivity contribution >= 4 is 11.8 Å². The van der Waals surface area contributed by atoms with Crippen LogP contribution in [0.15, 0.2) is 0 Å². The molecule has 14 heavy (non-hydrogen) atoms. The minimum Gasteiger partial charge on any atom is -0.354 e. The van der Waals surface area contributed by atoms with Crippen molar-refractivity contribution in [1.29, 1.82) is 0 Å². The molecule has 1 aliphatic rings. The fourth-order valence-corrected chi connectivity index (χ4v) is 1.46. The van der Waals surface area contributed by atoms with E-state index in [0.29, 0.717) is 19.4 Å². The van der Waals surface area contributed by atoms with Crippen LogP contribution in [0.4, 0.5) is 0 Å². The van der Waals surface area contributed by atoms with Gasteiger partial charge in [-0.2, -0.15) is 0 Å². The third-order valence-corrected chi connectivity index (χ3v) is 2.26. The van der Waals surface area contributed by atoms with Crippen molar-refractivity contribution in [2.24, 2.45) is 5.73 Å². The van der Waals surface area contributed by atoms with Gasteiger partial charge in [0.15, 0.2) is 0 Å². The molecule has 2 amide bonds. The van der Waals surface area contributed by atoms with Crippen LogP contribution >= 0.6 is 0 Å². The second kappa shape index (κ2) is 4.95. The van der Waals surface area contributed by atoms with Crippen LogP contribution in [-0.2, 0) is 9.59 Å². The highest BCUT2D eigenvalue weighted by atomic mass is 16.2. The molecule has 4 N–H and O–H groups in total. The molecule has 1 rings (SSSR count). The Morgan fingerprint density at radius 1 is 1.79 bits per heavy atom. The maximum Gasteiger partial charge on any atom is 0.237 e. The lowest BCUT2D eigenvalue weighted by Crippen LogP contribution is -2.46. The molecule has 5 nitrogen and oxygen atoms in total.